The molecule has 132 valence electrons. The Labute approximate surface area is 127 Å². The molecule has 1 aromatic carbocycles. The quantitative estimate of drug-likeness (QED) is 0.476. The van der Waals surface area contributed by atoms with Gasteiger partial charge in [-0.15, -0.1) is 0 Å². The molecular formula is C11H6F7N3O3. The van der Waals surface area contributed by atoms with Crippen molar-refractivity contribution in [1.82, 2.24) is 9.71 Å². The van der Waals surface area contributed by atoms with Crippen molar-refractivity contribution in [2.24, 2.45) is 0 Å². The number of nitrogens with zero attached hydrogens (tertiary/aromatic N) is 3. The minimum atomic E-state index is -5.05. The summed E-state index contributed by atoms with van der Waals surface area (Å²) in [6.07, 6.45) is -9.31. The van der Waals surface area contributed by atoms with Gasteiger partial charge in [0.25, 0.3) is 5.69 Å². The average molecular weight is 361 g/mol. The second kappa shape index (κ2) is 5.49. The standard InChI is InChI=1S/C11H6F7N3O3/c1-24-20-5-2-4(11(16,17)18)3-6(21(22)23)7(5)19-9(20)10(14,15)8(12)13/h2-3,8H,1H3. The van der Waals surface area contributed by atoms with E-state index in [-0.39, 0.29) is 16.9 Å². The van der Waals surface area contributed by atoms with Crippen LogP contribution in [0.3, 0.4) is 0 Å². The van der Waals surface area contributed by atoms with E-state index in [1.807, 2.05) is 0 Å². The summed E-state index contributed by atoms with van der Waals surface area (Å²) < 4.78 is 90.4. The van der Waals surface area contributed by atoms with E-state index in [2.05, 4.69) is 9.82 Å². The van der Waals surface area contributed by atoms with Crippen LogP contribution in [-0.4, -0.2) is 28.2 Å². The maximum Gasteiger partial charge on any atom is 0.416 e. The van der Waals surface area contributed by atoms with Gasteiger partial charge in [-0.3, -0.25) is 10.1 Å². The first kappa shape index (κ1) is 17.7. The van der Waals surface area contributed by atoms with Gasteiger partial charge in [-0.05, 0) is 6.07 Å². The lowest BCUT2D eigenvalue weighted by Gasteiger charge is -2.15. The maximum absolute atomic E-state index is 13.5. The first-order chi connectivity index (χ1) is 10.9. The van der Waals surface area contributed by atoms with Crippen molar-refractivity contribution < 1.29 is 40.5 Å². The molecule has 0 aliphatic heterocycles. The number of imidazole rings is 1. The zero-order valence-electron chi connectivity index (χ0n) is 11.4. The number of aromatic nitrogens is 2. The lowest BCUT2D eigenvalue weighted by molar-refractivity contribution is -0.383. The number of nitro benzene ring substituents is 1. The molecule has 0 aliphatic carbocycles. The van der Waals surface area contributed by atoms with Gasteiger partial charge in [-0.25, -0.2) is 13.8 Å². The summed E-state index contributed by atoms with van der Waals surface area (Å²) in [5.74, 6) is -6.65. The fraction of sp³-hybridized carbons (Fsp3) is 0.364. The second-order valence-corrected chi connectivity index (χ2v) is 4.45. The van der Waals surface area contributed by atoms with E-state index >= 15 is 0 Å². The normalized spacial score (nSPS) is 12.9. The maximum atomic E-state index is 13.5. The summed E-state index contributed by atoms with van der Waals surface area (Å²) in [6, 6.07) is 0.309. The van der Waals surface area contributed by atoms with Crippen molar-refractivity contribution in [3.8, 4) is 0 Å². The molecular weight excluding hydrogens is 355 g/mol. The SMILES string of the molecule is COn1c(C(F)(F)C(F)F)nc2c([N+](=O)[O-])cc(C(F)(F)F)cc21. The molecule has 0 spiro atoms. The molecule has 0 atom stereocenters. The molecule has 0 N–H and O–H groups in total. The number of alkyl halides is 7. The third-order valence-corrected chi connectivity index (χ3v) is 2.98. The van der Waals surface area contributed by atoms with Gasteiger partial charge in [0, 0.05) is 6.07 Å². The third kappa shape index (κ3) is 2.69. The molecule has 24 heavy (non-hydrogen) atoms. The van der Waals surface area contributed by atoms with Crippen LogP contribution in [0.2, 0.25) is 0 Å². The summed E-state index contributed by atoms with van der Waals surface area (Å²) >= 11 is 0. The molecule has 1 heterocycles. The van der Waals surface area contributed by atoms with Crippen LogP contribution < -0.4 is 4.84 Å². The summed E-state index contributed by atoms with van der Waals surface area (Å²) in [5, 5.41) is 10.9. The Morgan fingerprint density at radius 2 is 1.83 bits per heavy atom. The van der Waals surface area contributed by atoms with Gasteiger partial charge in [0.05, 0.1) is 10.5 Å². The monoisotopic (exact) mass is 361 g/mol. The number of non-ortho nitro benzene ring substituents is 1. The highest BCUT2D eigenvalue weighted by Crippen LogP contribution is 2.40. The fourth-order valence-electron chi connectivity index (χ4n) is 1.93. The van der Waals surface area contributed by atoms with Crippen LogP contribution in [0.1, 0.15) is 11.4 Å². The summed E-state index contributed by atoms with van der Waals surface area (Å²) in [7, 11) is 0.707. The zero-order chi connectivity index (χ0) is 18.4. The number of nitro groups is 1. The number of fused-ring (bicyclic) bond motifs is 1. The number of hydrogen-bond donors (Lipinski definition) is 0. The highest BCUT2D eigenvalue weighted by Gasteiger charge is 2.49. The molecule has 2 rings (SSSR count). The highest BCUT2D eigenvalue weighted by molar-refractivity contribution is 5.86. The summed E-state index contributed by atoms with van der Waals surface area (Å²) in [5.41, 5.74) is -4.66. The van der Waals surface area contributed by atoms with Gasteiger partial charge < -0.3 is 4.84 Å². The van der Waals surface area contributed by atoms with Crippen molar-refractivity contribution in [2.45, 2.75) is 18.5 Å². The number of hydrogen-bond acceptors (Lipinski definition) is 4. The molecule has 1 aromatic heterocycles. The van der Waals surface area contributed by atoms with Crippen LogP contribution in [0.15, 0.2) is 12.1 Å². The molecule has 13 heteroatoms. The van der Waals surface area contributed by atoms with Crippen LogP contribution >= 0.6 is 0 Å². The van der Waals surface area contributed by atoms with Gasteiger partial charge in [0.2, 0.25) is 5.82 Å². The molecule has 2 aromatic rings. The predicted octanol–water partition coefficient (Wildman–Crippen LogP) is 3.38. The Morgan fingerprint density at radius 3 is 2.25 bits per heavy atom. The minimum absolute atomic E-state index is 0.0691. The minimum Gasteiger partial charge on any atom is -0.415 e. The van der Waals surface area contributed by atoms with E-state index < -0.39 is 51.6 Å². The zero-order valence-corrected chi connectivity index (χ0v) is 11.4. The molecule has 0 aliphatic rings. The van der Waals surface area contributed by atoms with Crippen LogP contribution in [0, 0.1) is 10.1 Å². The smallest absolute Gasteiger partial charge is 0.415 e. The van der Waals surface area contributed by atoms with Crippen molar-refractivity contribution in [3.05, 3.63) is 33.6 Å². The fourth-order valence-corrected chi connectivity index (χ4v) is 1.93. The Kier molecular flexibility index (Phi) is 4.06. The van der Waals surface area contributed by atoms with E-state index in [4.69, 9.17) is 0 Å². The van der Waals surface area contributed by atoms with E-state index in [0.717, 1.165) is 0 Å². The van der Waals surface area contributed by atoms with Crippen LogP contribution in [0.4, 0.5) is 36.4 Å². The molecule has 0 saturated heterocycles. The summed E-state index contributed by atoms with van der Waals surface area (Å²) in [4.78, 5) is 17.0. The number of benzene rings is 1. The van der Waals surface area contributed by atoms with Crippen LogP contribution in [-0.2, 0) is 12.1 Å². The molecule has 0 bridgehead atoms. The average Bonchev–Trinajstić information content (AvgIpc) is 2.83. The number of rotatable bonds is 4. The Morgan fingerprint density at radius 1 is 1.25 bits per heavy atom. The Bertz CT molecular complexity index is 800. The van der Waals surface area contributed by atoms with Gasteiger partial charge in [0.1, 0.15) is 12.6 Å². The van der Waals surface area contributed by atoms with Crippen molar-refractivity contribution in [1.29, 1.82) is 0 Å². The lowest BCUT2D eigenvalue weighted by Crippen LogP contribution is -2.29. The first-order valence-corrected chi connectivity index (χ1v) is 5.90. The van der Waals surface area contributed by atoms with Gasteiger partial charge >= 0.3 is 18.5 Å². The van der Waals surface area contributed by atoms with E-state index in [1.165, 1.54) is 0 Å². The van der Waals surface area contributed by atoms with E-state index in [9.17, 15) is 40.8 Å². The largest absolute Gasteiger partial charge is 0.416 e. The topological polar surface area (TPSA) is 70.2 Å². The summed E-state index contributed by atoms with van der Waals surface area (Å²) in [6.45, 7) is 0. The third-order valence-electron chi connectivity index (χ3n) is 2.98. The van der Waals surface area contributed by atoms with E-state index in [1.54, 1.807) is 0 Å². The Balaban J connectivity index is 2.92. The van der Waals surface area contributed by atoms with Crippen molar-refractivity contribution in [2.75, 3.05) is 7.11 Å². The van der Waals surface area contributed by atoms with Gasteiger partial charge in [0.15, 0.2) is 5.52 Å². The van der Waals surface area contributed by atoms with Crippen molar-refractivity contribution >= 4 is 16.7 Å². The molecule has 0 amide bonds. The molecule has 0 radical (unpaired) electrons. The Hall–Kier alpha value is -2.60. The highest BCUT2D eigenvalue weighted by atomic mass is 19.4. The van der Waals surface area contributed by atoms with Crippen molar-refractivity contribution in [3.63, 3.8) is 0 Å². The first-order valence-electron chi connectivity index (χ1n) is 5.90. The second-order valence-electron chi connectivity index (χ2n) is 4.45. The molecule has 0 saturated carbocycles. The van der Waals surface area contributed by atoms with Crippen LogP contribution in [0.25, 0.3) is 11.0 Å². The van der Waals surface area contributed by atoms with E-state index in [0.29, 0.717) is 7.11 Å². The van der Waals surface area contributed by atoms with Gasteiger partial charge in [-0.2, -0.15) is 26.7 Å². The molecule has 0 unspecified atom stereocenters. The van der Waals surface area contributed by atoms with Gasteiger partial charge in [-0.1, -0.05) is 0 Å². The predicted molar refractivity (Wildman–Crippen MR) is 63.8 cm³/mol. The lowest BCUT2D eigenvalue weighted by atomic mass is 10.1. The molecule has 0 fully saturated rings. The number of halogens is 7. The molecule has 6 nitrogen and oxygen atoms in total. The van der Waals surface area contributed by atoms with Crippen LogP contribution in [0.5, 0.6) is 0 Å².